The summed E-state index contributed by atoms with van der Waals surface area (Å²) in [6.07, 6.45) is -0.462. The molecule has 2 atom stereocenters. The second-order valence-electron chi connectivity index (χ2n) is 10.1. The standard InChI is InChI=1S/C32H31N3O5S/c36-26(20-22-10-4-1-5-11-22)33-27-30(37)35-28(25(21-41-31(27)35)34-16-18-39-19-17-34)32(38)40-29(23-12-6-2-7-13-23)24-14-8-3-9-15-24/h1-15,27,29,31H,16-21H2,(H,33,36). The lowest BCUT2D eigenvalue weighted by atomic mass is 10.0. The summed E-state index contributed by atoms with van der Waals surface area (Å²) >= 11 is 1.55. The van der Waals surface area contributed by atoms with Crippen molar-refractivity contribution in [2.75, 3.05) is 32.1 Å². The summed E-state index contributed by atoms with van der Waals surface area (Å²) in [5.74, 6) is -0.574. The van der Waals surface area contributed by atoms with Crippen LogP contribution >= 0.6 is 11.8 Å². The maximum atomic E-state index is 14.1. The molecule has 0 spiro atoms. The summed E-state index contributed by atoms with van der Waals surface area (Å²) in [4.78, 5) is 44.1. The van der Waals surface area contributed by atoms with Gasteiger partial charge in [0.05, 0.1) is 25.3 Å². The van der Waals surface area contributed by atoms with Gasteiger partial charge in [0.25, 0.3) is 5.91 Å². The van der Waals surface area contributed by atoms with Gasteiger partial charge < -0.3 is 19.7 Å². The zero-order valence-corrected chi connectivity index (χ0v) is 23.3. The fourth-order valence-electron chi connectivity index (χ4n) is 5.42. The van der Waals surface area contributed by atoms with Crippen LogP contribution in [0.25, 0.3) is 0 Å². The molecule has 210 valence electrons. The van der Waals surface area contributed by atoms with Crippen molar-refractivity contribution in [3.63, 3.8) is 0 Å². The molecule has 2 unspecified atom stereocenters. The summed E-state index contributed by atoms with van der Waals surface area (Å²) < 4.78 is 11.8. The number of fused-ring (bicyclic) bond motifs is 1. The van der Waals surface area contributed by atoms with E-state index in [9.17, 15) is 14.4 Å². The number of carbonyl (C=O) groups excluding carboxylic acids is 3. The number of morpholine rings is 1. The van der Waals surface area contributed by atoms with Crippen LogP contribution in [0, 0.1) is 0 Å². The molecule has 1 N–H and O–H groups in total. The van der Waals surface area contributed by atoms with Gasteiger partial charge in [-0.25, -0.2) is 4.79 Å². The first-order valence-corrected chi connectivity index (χ1v) is 14.8. The fourth-order valence-corrected chi connectivity index (χ4v) is 6.80. The molecule has 2 amide bonds. The Balaban J connectivity index is 1.27. The van der Waals surface area contributed by atoms with E-state index in [1.165, 1.54) is 4.90 Å². The molecule has 0 aromatic heterocycles. The normalized spacial score (nSPS) is 20.4. The molecular formula is C32H31N3O5S. The molecule has 9 heteroatoms. The lowest BCUT2D eigenvalue weighted by Crippen LogP contribution is -2.71. The average molecular weight is 570 g/mol. The van der Waals surface area contributed by atoms with Crippen LogP contribution in [0.2, 0.25) is 0 Å². The Morgan fingerprint density at radius 1 is 0.902 bits per heavy atom. The number of carbonyl (C=O) groups is 3. The maximum Gasteiger partial charge on any atom is 0.357 e. The molecule has 3 aromatic carbocycles. The van der Waals surface area contributed by atoms with Gasteiger partial charge in [-0.3, -0.25) is 14.5 Å². The summed E-state index contributed by atoms with van der Waals surface area (Å²) in [6.45, 7) is 2.33. The molecule has 6 rings (SSSR count). The van der Waals surface area contributed by atoms with Crippen LogP contribution in [0.3, 0.4) is 0 Å². The molecule has 2 fully saturated rings. The van der Waals surface area contributed by atoms with Crippen molar-refractivity contribution in [2.24, 2.45) is 0 Å². The molecule has 3 heterocycles. The van der Waals surface area contributed by atoms with Crippen molar-refractivity contribution in [1.82, 2.24) is 15.1 Å². The number of thioether (sulfide) groups is 1. The van der Waals surface area contributed by atoms with Crippen LogP contribution in [0.1, 0.15) is 22.8 Å². The first-order valence-electron chi connectivity index (χ1n) is 13.7. The van der Waals surface area contributed by atoms with Gasteiger partial charge in [0.15, 0.2) is 11.8 Å². The second-order valence-corrected chi connectivity index (χ2v) is 11.2. The molecule has 2 saturated heterocycles. The summed E-state index contributed by atoms with van der Waals surface area (Å²) in [7, 11) is 0. The summed E-state index contributed by atoms with van der Waals surface area (Å²) in [6, 6.07) is 27.9. The van der Waals surface area contributed by atoms with Crippen molar-refractivity contribution in [2.45, 2.75) is 23.9 Å². The minimum Gasteiger partial charge on any atom is -0.448 e. The average Bonchev–Trinajstić information content (AvgIpc) is 3.03. The zero-order chi connectivity index (χ0) is 28.2. The lowest BCUT2D eigenvalue weighted by molar-refractivity contribution is -0.155. The largest absolute Gasteiger partial charge is 0.448 e. The van der Waals surface area contributed by atoms with Crippen molar-refractivity contribution in [3.05, 3.63) is 119 Å². The highest BCUT2D eigenvalue weighted by Gasteiger charge is 2.55. The Kier molecular flexibility index (Phi) is 8.07. The molecule has 0 aliphatic carbocycles. The van der Waals surface area contributed by atoms with Crippen LogP contribution in [0.15, 0.2) is 102 Å². The van der Waals surface area contributed by atoms with Crippen LogP contribution in [-0.4, -0.2) is 71.1 Å². The topological polar surface area (TPSA) is 88.2 Å². The Morgan fingerprint density at radius 2 is 1.49 bits per heavy atom. The maximum absolute atomic E-state index is 14.1. The highest BCUT2D eigenvalue weighted by molar-refractivity contribution is 8.00. The molecule has 0 bridgehead atoms. The number of esters is 1. The van der Waals surface area contributed by atoms with E-state index in [-0.39, 0.29) is 29.3 Å². The number of hydrogen-bond acceptors (Lipinski definition) is 7. The lowest BCUT2D eigenvalue weighted by Gasteiger charge is -2.51. The van der Waals surface area contributed by atoms with E-state index >= 15 is 0 Å². The van der Waals surface area contributed by atoms with E-state index in [0.29, 0.717) is 32.1 Å². The molecule has 0 saturated carbocycles. The third-order valence-electron chi connectivity index (χ3n) is 7.49. The molecular weight excluding hydrogens is 538 g/mol. The third kappa shape index (κ3) is 5.73. The minimum absolute atomic E-state index is 0.182. The Hall–Kier alpha value is -4.08. The van der Waals surface area contributed by atoms with Gasteiger partial charge in [-0.05, 0) is 16.7 Å². The van der Waals surface area contributed by atoms with Gasteiger partial charge in [-0.15, -0.1) is 11.8 Å². The van der Waals surface area contributed by atoms with Gasteiger partial charge in [0, 0.05) is 18.8 Å². The molecule has 0 radical (unpaired) electrons. The summed E-state index contributed by atoms with van der Waals surface area (Å²) in [5.41, 5.74) is 3.57. The first kappa shape index (κ1) is 27.1. The second kappa shape index (κ2) is 12.2. The van der Waals surface area contributed by atoms with Crippen LogP contribution in [0.4, 0.5) is 0 Å². The van der Waals surface area contributed by atoms with Gasteiger partial charge in [0.2, 0.25) is 5.91 Å². The van der Waals surface area contributed by atoms with Gasteiger partial charge in [-0.1, -0.05) is 91.0 Å². The molecule has 8 nitrogen and oxygen atoms in total. The van der Waals surface area contributed by atoms with E-state index in [4.69, 9.17) is 9.47 Å². The van der Waals surface area contributed by atoms with Crippen molar-refractivity contribution < 1.29 is 23.9 Å². The quantitative estimate of drug-likeness (QED) is 0.328. The predicted octanol–water partition coefficient (Wildman–Crippen LogP) is 3.51. The molecule has 3 aliphatic rings. The number of nitrogens with zero attached hydrogens (tertiary/aromatic N) is 2. The third-order valence-corrected chi connectivity index (χ3v) is 8.75. The number of amides is 2. The Morgan fingerprint density at radius 3 is 2.10 bits per heavy atom. The van der Waals surface area contributed by atoms with E-state index in [1.807, 2.05) is 91.0 Å². The number of rotatable bonds is 8. The van der Waals surface area contributed by atoms with Crippen LogP contribution in [0.5, 0.6) is 0 Å². The number of β-lactam (4-membered cyclic amide) rings is 1. The van der Waals surface area contributed by atoms with Gasteiger partial charge >= 0.3 is 5.97 Å². The van der Waals surface area contributed by atoms with Crippen molar-refractivity contribution >= 4 is 29.5 Å². The molecule has 3 aromatic rings. The predicted molar refractivity (Wildman–Crippen MR) is 155 cm³/mol. The SMILES string of the molecule is O=C(Cc1ccccc1)NC1C(=O)N2C(C(=O)OC(c3ccccc3)c3ccccc3)=C(N3CCOCC3)CSC12. The van der Waals surface area contributed by atoms with E-state index < -0.39 is 18.1 Å². The van der Waals surface area contributed by atoms with Crippen molar-refractivity contribution in [3.8, 4) is 0 Å². The Labute approximate surface area is 243 Å². The number of nitrogens with one attached hydrogen (secondary N) is 1. The van der Waals surface area contributed by atoms with Crippen LogP contribution in [-0.2, 0) is 30.3 Å². The van der Waals surface area contributed by atoms with E-state index in [1.54, 1.807) is 11.8 Å². The highest BCUT2D eigenvalue weighted by Crippen LogP contribution is 2.42. The smallest absolute Gasteiger partial charge is 0.357 e. The van der Waals surface area contributed by atoms with Crippen LogP contribution < -0.4 is 5.32 Å². The van der Waals surface area contributed by atoms with Crippen molar-refractivity contribution in [1.29, 1.82) is 0 Å². The zero-order valence-electron chi connectivity index (χ0n) is 22.5. The van der Waals surface area contributed by atoms with Gasteiger partial charge in [0.1, 0.15) is 11.4 Å². The molecule has 41 heavy (non-hydrogen) atoms. The van der Waals surface area contributed by atoms with Gasteiger partial charge in [-0.2, -0.15) is 0 Å². The summed E-state index contributed by atoms with van der Waals surface area (Å²) in [5, 5.41) is 2.51. The molecule has 3 aliphatic heterocycles. The van der Waals surface area contributed by atoms with E-state index in [0.717, 1.165) is 22.4 Å². The van der Waals surface area contributed by atoms with E-state index in [2.05, 4.69) is 10.2 Å². The fraction of sp³-hybridized carbons (Fsp3) is 0.281. The monoisotopic (exact) mass is 569 g/mol. The highest BCUT2D eigenvalue weighted by atomic mass is 32.2. The Bertz CT molecular complexity index is 1390. The first-order chi connectivity index (χ1) is 20.1. The number of hydrogen-bond donors (Lipinski definition) is 1. The minimum atomic E-state index is -0.704. The number of ether oxygens (including phenoxy) is 2. The number of benzene rings is 3.